The molecule has 0 aliphatic rings. The van der Waals surface area contributed by atoms with Gasteiger partial charge in [0, 0.05) is 17.0 Å². The molecule has 32 heavy (non-hydrogen) atoms. The van der Waals surface area contributed by atoms with Gasteiger partial charge in [-0.1, -0.05) is 56.1 Å². The van der Waals surface area contributed by atoms with Crippen LogP contribution in [0, 0.1) is 0 Å². The van der Waals surface area contributed by atoms with Gasteiger partial charge in [-0.2, -0.15) is 0 Å². The SMILES string of the molecule is CCS(=O)(=O)C[C@@H](O)COc1c(Cl)cc(C(C)(C)c2ccc(OCCCCl)cc2)cc1Cl. The van der Waals surface area contributed by atoms with E-state index in [0.717, 1.165) is 23.3 Å². The third-order valence-corrected chi connectivity index (χ3v) is 7.75. The highest BCUT2D eigenvalue weighted by atomic mass is 35.5. The number of ether oxygens (including phenoxy) is 2. The Morgan fingerprint density at radius 1 is 1.03 bits per heavy atom. The van der Waals surface area contributed by atoms with Crippen LogP contribution in [0.5, 0.6) is 11.5 Å². The number of aliphatic hydroxyl groups is 1. The van der Waals surface area contributed by atoms with Crippen molar-refractivity contribution in [1.82, 2.24) is 0 Å². The molecule has 0 amide bonds. The van der Waals surface area contributed by atoms with Crippen LogP contribution in [0.4, 0.5) is 0 Å². The first-order chi connectivity index (χ1) is 15.0. The molecule has 0 spiro atoms. The molecule has 1 N–H and O–H groups in total. The zero-order valence-corrected chi connectivity index (χ0v) is 21.5. The number of aliphatic hydroxyl groups excluding tert-OH is 1. The Morgan fingerprint density at radius 2 is 1.62 bits per heavy atom. The largest absolute Gasteiger partial charge is 0.494 e. The highest BCUT2D eigenvalue weighted by Gasteiger charge is 2.26. The summed E-state index contributed by atoms with van der Waals surface area (Å²) in [6.07, 6.45) is -0.389. The maximum atomic E-state index is 11.7. The average molecular weight is 524 g/mol. The van der Waals surface area contributed by atoms with Gasteiger partial charge in [-0.05, 0) is 41.8 Å². The lowest BCUT2D eigenvalue weighted by Gasteiger charge is -2.27. The van der Waals surface area contributed by atoms with Crippen LogP contribution < -0.4 is 9.47 Å². The zero-order valence-electron chi connectivity index (χ0n) is 18.4. The average Bonchev–Trinajstić information content (AvgIpc) is 2.73. The molecule has 0 heterocycles. The van der Waals surface area contributed by atoms with E-state index < -0.39 is 21.4 Å². The summed E-state index contributed by atoms with van der Waals surface area (Å²) in [5, 5.41) is 10.5. The molecule has 0 saturated carbocycles. The second-order valence-electron chi connectivity index (χ2n) is 7.97. The molecule has 0 bridgehead atoms. The number of benzene rings is 2. The molecular weight excluding hydrogens is 495 g/mol. The summed E-state index contributed by atoms with van der Waals surface area (Å²) in [6.45, 7) is 5.97. The maximum absolute atomic E-state index is 11.7. The van der Waals surface area contributed by atoms with Gasteiger partial charge in [0.2, 0.25) is 0 Å². The third-order valence-electron chi connectivity index (χ3n) is 5.15. The Kier molecular flexibility index (Phi) is 9.98. The lowest BCUT2D eigenvalue weighted by Crippen LogP contribution is -2.28. The fourth-order valence-corrected chi connectivity index (χ4v) is 4.70. The van der Waals surface area contributed by atoms with E-state index in [2.05, 4.69) is 13.8 Å². The summed E-state index contributed by atoms with van der Waals surface area (Å²) >= 11 is 18.5. The minimum absolute atomic E-state index is 0.0458. The van der Waals surface area contributed by atoms with Crippen LogP contribution in [0.1, 0.15) is 38.3 Å². The van der Waals surface area contributed by atoms with Crippen molar-refractivity contribution in [3.63, 3.8) is 0 Å². The minimum atomic E-state index is -3.32. The van der Waals surface area contributed by atoms with Crippen molar-refractivity contribution in [2.75, 3.05) is 30.6 Å². The molecular formula is C23H29Cl3O5S. The zero-order chi connectivity index (χ0) is 23.9. The Morgan fingerprint density at radius 3 is 2.16 bits per heavy atom. The van der Waals surface area contributed by atoms with E-state index in [4.69, 9.17) is 44.3 Å². The Balaban J connectivity index is 2.15. The first-order valence-corrected chi connectivity index (χ1v) is 13.4. The van der Waals surface area contributed by atoms with Crippen molar-refractivity contribution in [3.05, 3.63) is 57.6 Å². The molecule has 0 saturated heterocycles. The molecule has 2 aromatic rings. The summed E-state index contributed by atoms with van der Waals surface area (Å²) in [7, 11) is -3.32. The number of rotatable bonds is 12. The summed E-state index contributed by atoms with van der Waals surface area (Å²) < 4.78 is 34.5. The summed E-state index contributed by atoms with van der Waals surface area (Å²) in [6, 6.07) is 11.3. The minimum Gasteiger partial charge on any atom is -0.494 e. The molecule has 0 aliphatic carbocycles. The first-order valence-electron chi connectivity index (χ1n) is 10.3. The van der Waals surface area contributed by atoms with Crippen LogP contribution in [0.3, 0.4) is 0 Å². The van der Waals surface area contributed by atoms with Gasteiger partial charge in [-0.3, -0.25) is 0 Å². The van der Waals surface area contributed by atoms with E-state index in [-0.39, 0.29) is 33.9 Å². The molecule has 0 radical (unpaired) electrons. The summed E-state index contributed by atoms with van der Waals surface area (Å²) in [5.41, 5.74) is 1.52. The lowest BCUT2D eigenvalue weighted by molar-refractivity contribution is 0.125. The van der Waals surface area contributed by atoms with Crippen molar-refractivity contribution < 1.29 is 23.0 Å². The van der Waals surface area contributed by atoms with Crippen molar-refractivity contribution in [2.45, 2.75) is 38.7 Å². The molecule has 2 aromatic carbocycles. The van der Waals surface area contributed by atoms with Crippen molar-refractivity contribution in [2.24, 2.45) is 0 Å². The molecule has 0 aromatic heterocycles. The predicted octanol–water partition coefficient (Wildman–Crippen LogP) is 5.50. The third kappa shape index (κ3) is 7.42. The number of hydrogen-bond donors (Lipinski definition) is 1. The van der Waals surface area contributed by atoms with Crippen LogP contribution in [-0.4, -0.2) is 50.2 Å². The van der Waals surface area contributed by atoms with E-state index in [1.807, 2.05) is 24.3 Å². The van der Waals surface area contributed by atoms with E-state index in [9.17, 15) is 13.5 Å². The van der Waals surface area contributed by atoms with Gasteiger partial charge in [0.15, 0.2) is 15.6 Å². The van der Waals surface area contributed by atoms with E-state index in [1.54, 1.807) is 12.1 Å². The summed E-state index contributed by atoms with van der Waals surface area (Å²) in [5.74, 6) is 1.12. The molecule has 2 rings (SSSR count). The number of sulfone groups is 1. The van der Waals surface area contributed by atoms with Crippen molar-refractivity contribution in [1.29, 1.82) is 0 Å². The van der Waals surface area contributed by atoms with Gasteiger partial charge >= 0.3 is 0 Å². The highest BCUT2D eigenvalue weighted by Crippen LogP contribution is 2.40. The molecule has 0 fully saturated rings. The standard InChI is InChI=1S/C23H29Cl3O5S/c1-4-32(28,29)15-18(27)14-31-22-20(25)12-17(13-21(22)26)23(2,3)16-6-8-19(9-7-16)30-11-5-10-24/h6-9,12-13,18,27H,4-5,10-11,14-15H2,1-3H3/t18-/m0/s1. The van der Waals surface area contributed by atoms with Gasteiger partial charge in [-0.25, -0.2) is 8.42 Å². The normalized spacial score (nSPS) is 13.1. The lowest BCUT2D eigenvalue weighted by atomic mass is 9.78. The van der Waals surface area contributed by atoms with Gasteiger partial charge in [0.05, 0.1) is 22.4 Å². The van der Waals surface area contributed by atoms with Gasteiger partial charge < -0.3 is 14.6 Å². The quantitative estimate of drug-likeness (QED) is 0.294. The fraction of sp³-hybridized carbons (Fsp3) is 0.478. The van der Waals surface area contributed by atoms with Gasteiger partial charge in [-0.15, -0.1) is 11.6 Å². The van der Waals surface area contributed by atoms with Crippen LogP contribution in [0.2, 0.25) is 10.0 Å². The maximum Gasteiger partial charge on any atom is 0.156 e. The monoisotopic (exact) mass is 522 g/mol. The van der Waals surface area contributed by atoms with Crippen molar-refractivity contribution in [3.8, 4) is 11.5 Å². The van der Waals surface area contributed by atoms with E-state index in [0.29, 0.717) is 12.5 Å². The molecule has 0 unspecified atom stereocenters. The molecule has 0 aliphatic heterocycles. The van der Waals surface area contributed by atoms with Crippen LogP contribution in [0.25, 0.3) is 0 Å². The van der Waals surface area contributed by atoms with E-state index >= 15 is 0 Å². The second kappa shape index (κ2) is 11.8. The van der Waals surface area contributed by atoms with Crippen LogP contribution in [-0.2, 0) is 15.3 Å². The Labute approximate surface area is 205 Å². The molecule has 1 atom stereocenters. The fourth-order valence-electron chi connectivity index (χ4n) is 3.08. The van der Waals surface area contributed by atoms with Crippen molar-refractivity contribution >= 4 is 44.6 Å². The van der Waals surface area contributed by atoms with Gasteiger partial charge in [0.25, 0.3) is 0 Å². The summed E-state index contributed by atoms with van der Waals surface area (Å²) in [4.78, 5) is 0. The Bertz CT molecular complexity index is 968. The molecule has 5 nitrogen and oxygen atoms in total. The van der Waals surface area contributed by atoms with Crippen LogP contribution in [0.15, 0.2) is 36.4 Å². The first kappa shape index (κ1) is 27.1. The molecule has 9 heteroatoms. The molecule has 178 valence electrons. The predicted molar refractivity (Wildman–Crippen MR) is 132 cm³/mol. The van der Waals surface area contributed by atoms with Crippen LogP contribution >= 0.6 is 34.8 Å². The smallest absolute Gasteiger partial charge is 0.156 e. The number of hydrogen-bond acceptors (Lipinski definition) is 5. The topological polar surface area (TPSA) is 72.8 Å². The number of halogens is 3. The Hall–Kier alpha value is -1.18. The van der Waals surface area contributed by atoms with Gasteiger partial charge in [0.1, 0.15) is 18.5 Å². The second-order valence-corrected chi connectivity index (χ2v) is 11.6. The highest BCUT2D eigenvalue weighted by molar-refractivity contribution is 7.91. The number of alkyl halides is 1. The van der Waals surface area contributed by atoms with E-state index in [1.165, 1.54) is 6.92 Å².